The van der Waals surface area contributed by atoms with Crippen molar-refractivity contribution in [1.29, 1.82) is 0 Å². The number of piperidine rings is 1. The van der Waals surface area contributed by atoms with Crippen LogP contribution in [0.15, 0.2) is 12.3 Å². The number of aliphatic hydroxyl groups excluding tert-OH is 1. The van der Waals surface area contributed by atoms with Crippen molar-refractivity contribution in [2.24, 2.45) is 0 Å². The van der Waals surface area contributed by atoms with Gasteiger partial charge in [0, 0.05) is 30.7 Å². The summed E-state index contributed by atoms with van der Waals surface area (Å²) in [5, 5.41) is 18.3. The normalized spacial score (nSPS) is 23.2. The van der Waals surface area contributed by atoms with Gasteiger partial charge in [0.15, 0.2) is 0 Å². The molecular weight excluding hydrogens is 430 g/mol. The Morgan fingerprint density at radius 1 is 1.18 bits per heavy atom. The predicted octanol–water partition coefficient (Wildman–Crippen LogP) is 5.07. The number of anilines is 1. The Bertz CT molecular complexity index is 982. The number of aromatic nitrogens is 3. The number of nitrogens with zero attached hydrogens (tertiary/aromatic N) is 4. The maximum Gasteiger partial charge on any atom is 0.410 e. The van der Waals surface area contributed by atoms with Crippen molar-refractivity contribution >= 4 is 17.6 Å². The Labute approximate surface area is 203 Å². The number of fused-ring (bicyclic) bond motifs is 1. The lowest BCUT2D eigenvalue weighted by atomic mass is 9.84. The third kappa shape index (κ3) is 5.65. The van der Waals surface area contributed by atoms with Crippen LogP contribution in [-0.2, 0) is 4.74 Å². The predicted molar refractivity (Wildman–Crippen MR) is 133 cm³/mol. The Kier molecular flexibility index (Phi) is 7.36. The first-order valence-corrected chi connectivity index (χ1v) is 13.0. The van der Waals surface area contributed by atoms with Gasteiger partial charge in [0.25, 0.3) is 0 Å². The van der Waals surface area contributed by atoms with E-state index in [1.54, 1.807) is 0 Å². The summed E-state index contributed by atoms with van der Waals surface area (Å²) in [6.07, 6.45) is 7.97. The van der Waals surface area contributed by atoms with Crippen LogP contribution in [0.25, 0.3) is 5.52 Å². The van der Waals surface area contributed by atoms with Crippen LogP contribution in [0.4, 0.5) is 10.7 Å². The van der Waals surface area contributed by atoms with E-state index in [0.717, 1.165) is 50.5 Å². The van der Waals surface area contributed by atoms with Crippen LogP contribution in [0.3, 0.4) is 0 Å². The van der Waals surface area contributed by atoms with E-state index >= 15 is 0 Å². The van der Waals surface area contributed by atoms with Gasteiger partial charge in [-0.05, 0) is 90.2 Å². The molecule has 1 unspecified atom stereocenters. The van der Waals surface area contributed by atoms with Crippen LogP contribution >= 0.6 is 0 Å². The zero-order valence-electron chi connectivity index (χ0n) is 21.4. The van der Waals surface area contributed by atoms with Crippen LogP contribution in [0.1, 0.15) is 103 Å². The quantitative estimate of drug-likeness (QED) is 0.632. The van der Waals surface area contributed by atoms with Crippen molar-refractivity contribution in [2.75, 3.05) is 18.4 Å². The lowest BCUT2D eigenvalue weighted by Crippen LogP contribution is -2.41. The second-order valence-corrected chi connectivity index (χ2v) is 11.1. The van der Waals surface area contributed by atoms with E-state index in [-0.39, 0.29) is 12.2 Å². The second kappa shape index (κ2) is 10.1. The molecule has 2 N–H and O–H groups in total. The molecule has 0 spiro atoms. The first-order chi connectivity index (χ1) is 16.1. The summed E-state index contributed by atoms with van der Waals surface area (Å²) in [6, 6.07) is 2.63. The molecule has 8 nitrogen and oxygen atoms in total. The van der Waals surface area contributed by atoms with Gasteiger partial charge in [0.05, 0.1) is 17.8 Å². The fourth-order valence-electron chi connectivity index (χ4n) is 5.12. The van der Waals surface area contributed by atoms with Gasteiger partial charge in [0.1, 0.15) is 5.60 Å². The van der Waals surface area contributed by atoms with E-state index < -0.39 is 5.60 Å². The zero-order valence-corrected chi connectivity index (χ0v) is 21.4. The van der Waals surface area contributed by atoms with Crippen molar-refractivity contribution in [3.05, 3.63) is 23.5 Å². The number of carbonyl (C=O) groups excluding carboxylic acids is 1. The van der Waals surface area contributed by atoms with Gasteiger partial charge in [-0.2, -0.15) is 0 Å². The van der Waals surface area contributed by atoms with Gasteiger partial charge < -0.3 is 20.1 Å². The largest absolute Gasteiger partial charge is 0.444 e. The highest BCUT2D eigenvalue weighted by Crippen LogP contribution is 2.39. The Morgan fingerprint density at radius 2 is 1.85 bits per heavy atom. The minimum atomic E-state index is -0.479. The van der Waals surface area contributed by atoms with E-state index in [4.69, 9.17) is 9.84 Å². The number of hydrogen-bond donors (Lipinski definition) is 2. The van der Waals surface area contributed by atoms with Gasteiger partial charge in [-0.1, -0.05) is 6.92 Å². The highest BCUT2D eigenvalue weighted by Gasteiger charge is 2.31. The summed E-state index contributed by atoms with van der Waals surface area (Å²) < 4.78 is 7.66. The summed E-state index contributed by atoms with van der Waals surface area (Å²) in [5.74, 6) is 1.40. The number of likely N-dealkylation sites (tertiary alicyclic amines) is 1. The number of carbonyl (C=O) groups is 1. The SMILES string of the molecule is CCC(C)Nc1ncc2c(C3CCN(C(=O)OC(C)(C)C)CC3)cc(C3CCC(O)CC3)n2n1. The van der Waals surface area contributed by atoms with E-state index in [1.165, 1.54) is 11.3 Å². The van der Waals surface area contributed by atoms with Crippen LogP contribution < -0.4 is 5.32 Å². The van der Waals surface area contributed by atoms with Gasteiger partial charge in [-0.15, -0.1) is 5.10 Å². The molecule has 2 aromatic rings. The molecule has 188 valence electrons. The lowest BCUT2D eigenvalue weighted by Gasteiger charge is -2.33. The monoisotopic (exact) mass is 471 g/mol. The van der Waals surface area contributed by atoms with E-state index in [2.05, 4.69) is 34.7 Å². The molecule has 1 aliphatic carbocycles. The average Bonchev–Trinajstić information content (AvgIpc) is 3.17. The summed E-state index contributed by atoms with van der Waals surface area (Å²) in [7, 11) is 0. The maximum absolute atomic E-state index is 12.5. The zero-order chi connectivity index (χ0) is 24.5. The summed E-state index contributed by atoms with van der Waals surface area (Å²) in [6.45, 7) is 11.4. The molecule has 1 amide bonds. The smallest absolute Gasteiger partial charge is 0.410 e. The molecule has 1 saturated heterocycles. The van der Waals surface area contributed by atoms with Crippen molar-refractivity contribution in [3.63, 3.8) is 0 Å². The molecule has 4 rings (SSSR count). The summed E-state index contributed by atoms with van der Waals surface area (Å²) in [5.41, 5.74) is 3.08. The highest BCUT2D eigenvalue weighted by atomic mass is 16.6. The van der Waals surface area contributed by atoms with Crippen molar-refractivity contribution in [2.45, 2.75) is 109 Å². The molecule has 3 heterocycles. The number of hydrogen-bond acceptors (Lipinski definition) is 6. The van der Waals surface area contributed by atoms with E-state index in [0.29, 0.717) is 36.9 Å². The Morgan fingerprint density at radius 3 is 2.47 bits per heavy atom. The van der Waals surface area contributed by atoms with Gasteiger partial charge in [-0.25, -0.2) is 14.3 Å². The third-order valence-electron chi connectivity index (χ3n) is 7.27. The number of rotatable bonds is 5. The molecule has 1 saturated carbocycles. The molecule has 1 atom stereocenters. The molecule has 2 fully saturated rings. The molecule has 0 radical (unpaired) electrons. The van der Waals surface area contributed by atoms with E-state index in [1.807, 2.05) is 31.9 Å². The topological polar surface area (TPSA) is 92.0 Å². The highest BCUT2D eigenvalue weighted by molar-refractivity contribution is 5.68. The molecular formula is C26H41N5O3. The Balaban J connectivity index is 1.58. The second-order valence-electron chi connectivity index (χ2n) is 11.1. The standard InChI is InChI=1S/C26H41N5O3/c1-6-17(2)28-24-27-16-23-21(15-22(31(23)29-24)19-7-9-20(32)10-8-19)18-11-13-30(14-12-18)25(33)34-26(3,4)5/h15-20,32H,6-14H2,1-5H3,(H,28,29). The molecule has 8 heteroatoms. The molecule has 0 bridgehead atoms. The molecule has 0 aromatic carbocycles. The number of ether oxygens (including phenoxy) is 1. The molecule has 1 aliphatic heterocycles. The molecule has 2 aliphatic rings. The molecule has 2 aromatic heterocycles. The fraction of sp³-hybridized carbons (Fsp3) is 0.731. The first kappa shape index (κ1) is 24.8. The molecule has 34 heavy (non-hydrogen) atoms. The van der Waals surface area contributed by atoms with Crippen LogP contribution in [0, 0.1) is 0 Å². The minimum absolute atomic E-state index is 0.184. The van der Waals surface area contributed by atoms with Gasteiger partial charge in [-0.3, -0.25) is 0 Å². The number of amides is 1. The van der Waals surface area contributed by atoms with Crippen LogP contribution in [0.5, 0.6) is 0 Å². The number of aliphatic hydroxyl groups is 1. The lowest BCUT2D eigenvalue weighted by molar-refractivity contribution is 0.0205. The van der Waals surface area contributed by atoms with Crippen molar-refractivity contribution in [1.82, 2.24) is 19.5 Å². The fourth-order valence-corrected chi connectivity index (χ4v) is 5.12. The summed E-state index contributed by atoms with van der Waals surface area (Å²) >= 11 is 0. The van der Waals surface area contributed by atoms with Crippen LogP contribution in [0.2, 0.25) is 0 Å². The van der Waals surface area contributed by atoms with Crippen molar-refractivity contribution in [3.8, 4) is 0 Å². The minimum Gasteiger partial charge on any atom is -0.444 e. The summed E-state index contributed by atoms with van der Waals surface area (Å²) in [4.78, 5) is 19.0. The first-order valence-electron chi connectivity index (χ1n) is 13.0. The van der Waals surface area contributed by atoms with Gasteiger partial charge >= 0.3 is 6.09 Å². The Hall–Kier alpha value is -2.35. The van der Waals surface area contributed by atoms with Crippen molar-refractivity contribution < 1.29 is 14.6 Å². The van der Waals surface area contributed by atoms with Crippen LogP contribution in [-0.4, -0.2) is 61.5 Å². The third-order valence-corrected chi connectivity index (χ3v) is 7.27. The van der Waals surface area contributed by atoms with Gasteiger partial charge in [0.2, 0.25) is 5.95 Å². The number of nitrogens with one attached hydrogen (secondary N) is 1. The average molecular weight is 472 g/mol. The van der Waals surface area contributed by atoms with E-state index in [9.17, 15) is 9.90 Å². The maximum atomic E-state index is 12.5.